The first-order valence-electron chi connectivity index (χ1n) is 10.6. The van der Waals surface area contributed by atoms with Gasteiger partial charge < -0.3 is 20.4 Å². The molecule has 2 atom stereocenters. The van der Waals surface area contributed by atoms with Crippen LogP contribution in [0.1, 0.15) is 23.1 Å². The van der Waals surface area contributed by atoms with Crippen molar-refractivity contribution in [3.05, 3.63) is 71.3 Å². The first-order valence-corrected chi connectivity index (χ1v) is 10.6. The third kappa shape index (κ3) is 6.39. The zero-order valence-electron chi connectivity index (χ0n) is 18.4. The number of nitrogens with zero attached hydrogens (tertiary/aromatic N) is 1. The monoisotopic (exact) mass is 423 g/mol. The molecule has 1 aliphatic heterocycles. The molecular weight excluding hydrogens is 392 g/mol. The molecule has 7 nitrogen and oxygen atoms in total. The zero-order valence-corrected chi connectivity index (χ0v) is 18.4. The van der Waals surface area contributed by atoms with Crippen LogP contribution in [0.3, 0.4) is 0 Å². The van der Waals surface area contributed by atoms with E-state index in [0.717, 1.165) is 28.9 Å². The molecule has 0 saturated carbocycles. The molecule has 3 rings (SSSR count). The lowest BCUT2D eigenvalue weighted by Crippen LogP contribution is -3.06. The maximum absolute atomic E-state index is 12.9. The minimum Gasteiger partial charge on any atom is -0.382 e. The molecule has 0 saturated heterocycles. The van der Waals surface area contributed by atoms with Crippen LogP contribution in [0.2, 0.25) is 0 Å². The molecule has 0 bridgehead atoms. The summed E-state index contributed by atoms with van der Waals surface area (Å²) in [6, 6.07) is 16.8. The van der Waals surface area contributed by atoms with Gasteiger partial charge in [-0.05, 0) is 18.1 Å². The second-order valence-corrected chi connectivity index (χ2v) is 8.15. The lowest BCUT2D eigenvalue weighted by Gasteiger charge is -2.20. The molecule has 3 N–H and O–H groups in total. The van der Waals surface area contributed by atoms with Gasteiger partial charge in [-0.3, -0.25) is 9.59 Å². The van der Waals surface area contributed by atoms with Crippen LogP contribution in [0.25, 0.3) is 0 Å². The number of hydrogen-bond donors (Lipinski definition) is 3. The number of quaternary nitrogens is 1. The summed E-state index contributed by atoms with van der Waals surface area (Å²) in [4.78, 5) is 32.4. The van der Waals surface area contributed by atoms with Gasteiger partial charge in [0.15, 0.2) is 0 Å². The summed E-state index contributed by atoms with van der Waals surface area (Å²) in [5, 5.41) is 9.93. The summed E-state index contributed by atoms with van der Waals surface area (Å²) in [5.41, 5.74) is 3.78. The number of benzene rings is 2. The van der Waals surface area contributed by atoms with E-state index in [1.54, 1.807) is 0 Å². The first kappa shape index (κ1) is 22.5. The molecule has 2 aromatic carbocycles. The Hall–Kier alpha value is -3.19. The van der Waals surface area contributed by atoms with Crippen LogP contribution < -0.4 is 15.5 Å². The summed E-state index contributed by atoms with van der Waals surface area (Å²) in [6.45, 7) is 3.35. The second kappa shape index (κ2) is 10.7. The largest absolute Gasteiger partial charge is 0.382 e. The quantitative estimate of drug-likeness (QED) is 0.549. The molecule has 0 aliphatic carbocycles. The van der Waals surface area contributed by atoms with Crippen molar-refractivity contribution in [2.24, 2.45) is 5.16 Å². The summed E-state index contributed by atoms with van der Waals surface area (Å²) in [7, 11) is 4.05. The predicted octanol–water partition coefficient (Wildman–Crippen LogP) is 0.476. The Labute approximate surface area is 183 Å². The van der Waals surface area contributed by atoms with Gasteiger partial charge in [-0.25, -0.2) is 0 Å². The molecule has 2 aromatic rings. The van der Waals surface area contributed by atoms with Gasteiger partial charge in [0.25, 0.3) is 5.91 Å². The fourth-order valence-corrected chi connectivity index (χ4v) is 3.46. The van der Waals surface area contributed by atoms with Gasteiger partial charge in [0.2, 0.25) is 12.0 Å². The number of likely N-dealkylation sites (N-methyl/N-ethyl adjacent to an activating group) is 1. The summed E-state index contributed by atoms with van der Waals surface area (Å²) in [5.74, 6) is -0.529. The SMILES string of the molecule is Cc1ccccc1C1=NO[C@@H](C(=O)N[C@@H](Cc2ccccc2)C(=O)NCC[NH+](C)C)C1. The summed E-state index contributed by atoms with van der Waals surface area (Å²) in [6.07, 6.45) is 0.0399. The normalized spacial score (nSPS) is 16.4. The molecule has 1 heterocycles. The average Bonchev–Trinajstić information content (AvgIpc) is 3.24. The van der Waals surface area contributed by atoms with E-state index in [1.807, 2.05) is 75.6 Å². The Morgan fingerprint density at radius 2 is 1.84 bits per heavy atom. The van der Waals surface area contributed by atoms with E-state index in [-0.39, 0.29) is 11.8 Å². The first-order chi connectivity index (χ1) is 14.9. The van der Waals surface area contributed by atoms with E-state index in [1.165, 1.54) is 4.90 Å². The molecule has 0 unspecified atom stereocenters. The Bertz CT molecular complexity index is 927. The number of amides is 2. The topological polar surface area (TPSA) is 84.2 Å². The van der Waals surface area contributed by atoms with E-state index >= 15 is 0 Å². The number of carbonyl (C=O) groups excluding carboxylic acids is 2. The second-order valence-electron chi connectivity index (χ2n) is 8.15. The third-order valence-electron chi connectivity index (χ3n) is 5.26. The van der Waals surface area contributed by atoms with Crippen LogP contribution in [-0.2, 0) is 20.8 Å². The maximum Gasteiger partial charge on any atom is 0.265 e. The molecule has 0 aromatic heterocycles. The molecule has 164 valence electrons. The van der Waals surface area contributed by atoms with Crippen LogP contribution in [0.5, 0.6) is 0 Å². The van der Waals surface area contributed by atoms with E-state index in [9.17, 15) is 9.59 Å². The molecule has 0 fully saturated rings. The zero-order chi connectivity index (χ0) is 22.2. The van der Waals surface area contributed by atoms with E-state index < -0.39 is 12.1 Å². The minimum atomic E-state index is -0.744. The van der Waals surface area contributed by atoms with Crippen molar-refractivity contribution in [2.75, 3.05) is 27.2 Å². The molecule has 1 aliphatic rings. The van der Waals surface area contributed by atoms with Crippen LogP contribution in [0.15, 0.2) is 59.8 Å². The van der Waals surface area contributed by atoms with Gasteiger partial charge >= 0.3 is 0 Å². The van der Waals surface area contributed by atoms with Gasteiger partial charge in [0.1, 0.15) is 6.04 Å². The Morgan fingerprint density at radius 3 is 2.55 bits per heavy atom. The number of rotatable bonds is 9. The number of carbonyl (C=O) groups is 2. The minimum absolute atomic E-state index is 0.198. The van der Waals surface area contributed by atoms with Gasteiger partial charge in [-0.1, -0.05) is 59.8 Å². The highest BCUT2D eigenvalue weighted by Crippen LogP contribution is 2.19. The third-order valence-corrected chi connectivity index (χ3v) is 5.26. The van der Waals surface area contributed by atoms with Crippen LogP contribution in [0.4, 0.5) is 0 Å². The molecule has 0 spiro atoms. The summed E-state index contributed by atoms with van der Waals surface area (Å²) >= 11 is 0. The molecule has 0 radical (unpaired) electrons. The van der Waals surface area contributed by atoms with Crippen molar-refractivity contribution < 1.29 is 19.3 Å². The highest BCUT2D eigenvalue weighted by Gasteiger charge is 2.32. The highest BCUT2D eigenvalue weighted by atomic mass is 16.6. The highest BCUT2D eigenvalue weighted by molar-refractivity contribution is 6.05. The smallest absolute Gasteiger partial charge is 0.265 e. The van der Waals surface area contributed by atoms with Gasteiger partial charge in [0, 0.05) is 18.4 Å². The molecule has 31 heavy (non-hydrogen) atoms. The van der Waals surface area contributed by atoms with Crippen molar-refractivity contribution in [3.8, 4) is 0 Å². The van der Waals surface area contributed by atoms with E-state index in [2.05, 4.69) is 15.8 Å². The maximum atomic E-state index is 12.9. The van der Waals surface area contributed by atoms with Crippen molar-refractivity contribution >= 4 is 17.5 Å². The fourth-order valence-electron chi connectivity index (χ4n) is 3.46. The molecule has 2 amide bonds. The van der Waals surface area contributed by atoms with E-state index in [0.29, 0.717) is 19.4 Å². The fraction of sp³-hybridized carbons (Fsp3) is 0.375. The van der Waals surface area contributed by atoms with Crippen LogP contribution in [-0.4, -0.2) is 56.9 Å². The Kier molecular flexibility index (Phi) is 7.78. The lowest BCUT2D eigenvalue weighted by atomic mass is 9.99. The van der Waals surface area contributed by atoms with Gasteiger partial charge in [-0.15, -0.1) is 0 Å². The van der Waals surface area contributed by atoms with Crippen molar-refractivity contribution in [1.29, 1.82) is 0 Å². The number of oxime groups is 1. The van der Waals surface area contributed by atoms with Gasteiger partial charge in [0.05, 0.1) is 32.9 Å². The van der Waals surface area contributed by atoms with Crippen molar-refractivity contribution in [2.45, 2.75) is 31.9 Å². The van der Waals surface area contributed by atoms with Crippen molar-refractivity contribution in [1.82, 2.24) is 10.6 Å². The van der Waals surface area contributed by atoms with E-state index in [4.69, 9.17) is 4.84 Å². The number of aryl methyl sites for hydroxylation is 1. The lowest BCUT2D eigenvalue weighted by molar-refractivity contribution is -0.856. The Morgan fingerprint density at radius 1 is 1.13 bits per heavy atom. The van der Waals surface area contributed by atoms with Gasteiger partial charge in [-0.2, -0.15) is 0 Å². The predicted molar refractivity (Wildman–Crippen MR) is 120 cm³/mol. The standard InChI is InChI=1S/C24H30N4O3/c1-17-9-7-8-12-19(17)20-16-22(31-27-20)24(30)26-21(15-18-10-5-4-6-11-18)23(29)25-13-14-28(2)3/h4-12,21-22H,13-16H2,1-3H3,(H,25,29)(H,26,30)/p+1/t21-,22+/m0/s1. The number of nitrogens with one attached hydrogen (secondary N) is 3. The van der Waals surface area contributed by atoms with Crippen LogP contribution >= 0.6 is 0 Å². The number of hydrogen-bond acceptors (Lipinski definition) is 4. The van der Waals surface area contributed by atoms with Crippen LogP contribution in [0, 0.1) is 6.92 Å². The summed E-state index contributed by atoms with van der Waals surface area (Å²) < 4.78 is 0. The molecule has 7 heteroatoms. The average molecular weight is 424 g/mol. The molecular formula is C24H31N4O3+. The van der Waals surface area contributed by atoms with Crippen molar-refractivity contribution in [3.63, 3.8) is 0 Å². The Balaban J connectivity index is 1.63.